The second-order valence-corrected chi connectivity index (χ2v) is 4.09. The molecule has 2 heterocycles. The number of ether oxygens (including phenoxy) is 1. The van der Waals surface area contributed by atoms with Crippen molar-refractivity contribution in [3.8, 4) is 0 Å². The molecule has 2 rings (SSSR count). The maximum atomic E-state index is 10.7. The zero-order valence-electron chi connectivity index (χ0n) is 7.65. The first kappa shape index (κ1) is 9.86. The Bertz CT molecular complexity index is 332. The van der Waals surface area contributed by atoms with Gasteiger partial charge in [0.05, 0.1) is 0 Å². The molecule has 14 heavy (non-hydrogen) atoms. The molecule has 1 saturated heterocycles. The Morgan fingerprint density at radius 3 is 3.14 bits per heavy atom. The number of halogens is 1. The van der Waals surface area contributed by atoms with Gasteiger partial charge in [0.1, 0.15) is 10.3 Å². The molecule has 0 spiro atoms. The SMILES string of the molecule is O=Cc1cc(Br)nn1[C@@H]1CCCCO1. The van der Waals surface area contributed by atoms with Crippen LogP contribution in [0.15, 0.2) is 10.7 Å². The van der Waals surface area contributed by atoms with Crippen molar-refractivity contribution in [1.82, 2.24) is 9.78 Å². The topological polar surface area (TPSA) is 44.1 Å². The summed E-state index contributed by atoms with van der Waals surface area (Å²) in [7, 11) is 0. The van der Waals surface area contributed by atoms with Crippen molar-refractivity contribution in [1.29, 1.82) is 0 Å². The summed E-state index contributed by atoms with van der Waals surface area (Å²) in [5, 5.41) is 4.18. The predicted molar refractivity (Wildman–Crippen MR) is 54.2 cm³/mol. The second kappa shape index (κ2) is 4.23. The van der Waals surface area contributed by atoms with Crippen LogP contribution in [0.5, 0.6) is 0 Å². The molecule has 0 aromatic carbocycles. The molecule has 5 heteroatoms. The van der Waals surface area contributed by atoms with Crippen LogP contribution in [0.25, 0.3) is 0 Å². The summed E-state index contributed by atoms with van der Waals surface area (Å²) >= 11 is 3.24. The van der Waals surface area contributed by atoms with Crippen molar-refractivity contribution >= 4 is 22.2 Å². The van der Waals surface area contributed by atoms with E-state index < -0.39 is 0 Å². The molecule has 0 saturated carbocycles. The zero-order valence-corrected chi connectivity index (χ0v) is 9.24. The first-order chi connectivity index (χ1) is 6.81. The maximum absolute atomic E-state index is 10.7. The van der Waals surface area contributed by atoms with Crippen molar-refractivity contribution in [2.24, 2.45) is 0 Å². The van der Waals surface area contributed by atoms with Gasteiger partial charge >= 0.3 is 0 Å². The molecular formula is C9H11BrN2O2. The number of carbonyl (C=O) groups excluding carboxylic acids is 1. The fourth-order valence-electron chi connectivity index (χ4n) is 1.61. The summed E-state index contributed by atoms with van der Waals surface area (Å²) in [6, 6.07) is 1.70. The van der Waals surface area contributed by atoms with Crippen molar-refractivity contribution in [2.45, 2.75) is 25.5 Å². The Morgan fingerprint density at radius 2 is 2.50 bits per heavy atom. The summed E-state index contributed by atoms with van der Waals surface area (Å²) in [6.45, 7) is 0.750. The maximum Gasteiger partial charge on any atom is 0.168 e. The Morgan fingerprint density at radius 1 is 1.64 bits per heavy atom. The molecule has 1 aromatic rings. The molecule has 76 valence electrons. The van der Waals surface area contributed by atoms with Gasteiger partial charge in [-0.25, -0.2) is 4.68 Å². The lowest BCUT2D eigenvalue weighted by Gasteiger charge is -2.23. The van der Waals surface area contributed by atoms with Crippen molar-refractivity contribution in [3.05, 3.63) is 16.4 Å². The van der Waals surface area contributed by atoms with Crippen LogP contribution in [0.3, 0.4) is 0 Å². The van der Waals surface area contributed by atoms with E-state index in [9.17, 15) is 4.79 Å². The molecule has 0 radical (unpaired) electrons. The molecule has 4 nitrogen and oxygen atoms in total. The first-order valence-corrected chi connectivity index (χ1v) is 5.42. The summed E-state index contributed by atoms with van der Waals surface area (Å²) in [5.74, 6) is 0. The molecule has 0 N–H and O–H groups in total. The Kier molecular flexibility index (Phi) is 2.98. The standard InChI is InChI=1S/C9H11BrN2O2/c10-8-5-7(6-13)12(11-8)9-3-1-2-4-14-9/h5-6,9H,1-4H2/t9-/m0/s1. The highest BCUT2D eigenvalue weighted by atomic mass is 79.9. The van der Waals surface area contributed by atoms with E-state index in [1.807, 2.05) is 0 Å². The number of rotatable bonds is 2. The van der Waals surface area contributed by atoms with Crippen LogP contribution in [0.4, 0.5) is 0 Å². The van der Waals surface area contributed by atoms with Crippen molar-refractivity contribution in [3.63, 3.8) is 0 Å². The third-order valence-electron chi connectivity index (χ3n) is 2.28. The molecule has 0 amide bonds. The highest BCUT2D eigenvalue weighted by molar-refractivity contribution is 9.10. The van der Waals surface area contributed by atoms with E-state index in [-0.39, 0.29) is 6.23 Å². The summed E-state index contributed by atoms with van der Waals surface area (Å²) < 4.78 is 7.86. The normalized spacial score (nSPS) is 22.2. The van der Waals surface area contributed by atoms with Gasteiger partial charge in [0.2, 0.25) is 0 Å². The van der Waals surface area contributed by atoms with E-state index in [4.69, 9.17) is 4.74 Å². The average Bonchev–Trinajstić information content (AvgIpc) is 2.61. The smallest absolute Gasteiger partial charge is 0.168 e. The lowest BCUT2D eigenvalue weighted by atomic mass is 10.2. The van der Waals surface area contributed by atoms with Gasteiger partial charge in [-0.3, -0.25) is 4.79 Å². The van der Waals surface area contributed by atoms with Crippen molar-refractivity contribution < 1.29 is 9.53 Å². The van der Waals surface area contributed by atoms with Crippen LogP contribution >= 0.6 is 15.9 Å². The minimum Gasteiger partial charge on any atom is -0.356 e. The van der Waals surface area contributed by atoms with Crippen LogP contribution in [0.1, 0.15) is 36.0 Å². The molecule has 1 aliphatic rings. The largest absolute Gasteiger partial charge is 0.356 e. The molecule has 0 unspecified atom stereocenters. The monoisotopic (exact) mass is 258 g/mol. The summed E-state index contributed by atoms with van der Waals surface area (Å²) in [4.78, 5) is 10.7. The van der Waals surface area contributed by atoms with Crippen LogP contribution in [0, 0.1) is 0 Å². The van der Waals surface area contributed by atoms with Crippen LogP contribution in [0.2, 0.25) is 0 Å². The molecule has 1 aromatic heterocycles. The quantitative estimate of drug-likeness (QED) is 0.764. The highest BCUT2D eigenvalue weighted by Gasteiger charge is 2.19. The number of carbonyl (C=O) groups is 1. The second-order valence-electron chi connectivity index (χ2n) is 3.28. The zero-order chi connectivity index (χ0) is 9.97. The number of nitrogens with zero attached hydrogens (tertiary/aromatic N) is 2. The third kappa shape index (κ3) is 1.88. The molecule has 0 aliphatic carbocycles. The third-order valence-corrected chi connectivity index (χ3v) is 2.67. The molecule has 1 atom stereocenters. The molecular weight excluding hydrogens is 248 g/mol. The van der Waals surface area contributed by atoms with Gasteiger partial charge in [-0.2, -0.15) is 5.10 Å². The number of hydrogen-bond donors (Lipinski definition) is 0. The van der Waals surface area contributed by atoms with E-state index in [0.717, 1.165) is 32.2 Å². The van der Waals surface area contributed by atoms with Crippen LogP contribution < -0.4 is 0 Å². The average molecular weight is 259 g/mol. The Balaban J connectivity index is 2.24. The van der Waals surface area contributed by atoms with Crippen LogP contribution in [-0.2, 0) is 4.74 Å². The van der Waals surface area contributed by atoms with E-state index in [1.165, 1.54) is 0 Å². The minimum atomic E-state index is -0.0738. The van der Waals surface area contributed by atoms with Gasteiger partial charge in [-0.05, 0) is 35.2 Å². The van der Waals surface area contributed by atoms with E-state index in [0.29, 0.717) is 10.3 Å². The van der Waals surface area contributed by atoms with E-state index in [1.54, 1.807) is 10.7 Å². The number of aromatic nitrogens is 2. The molecule has 1 aliphatic heterocycles. The summed E-state index contributed by atoms with van der Waals surface area (Å²) in [5.41, 5.74) is 0.559. The van der Waals surface area contributed by atoms with Gasteiger partial charge in [0.25, 0.3) is 0 Å². The number of hydrogen-bond acceptors (Lipinski definition) is 3. The lowest BCUT2D eigenvalue weighted by Crippen LogP contribution is -2.20. The Labute approximate surface area is 90.4 Å². The molecule has 1 fully saturated rings. The van der Waals surface area contributed by atoms with E-state index in [2.05, 4.69) is 21.0 Å². The summed E-state index contributed by atoms with van der Waals surface area (Å²) in [6.07, 6.45) is 3.87. The van der Waals surface area contributed by atoms with Gasteiger partial charge < -0.3 is 4.74 Å². The van der Waals surface area contributed by atoms with Gasteiger partial charge in [0, 0.05) is 12.7 Å². The van der Waals surface area contributed by atoms with Crippen LogP contribution in [-0.4, -0.2) is 22.7 Å². The predicted octanol–water partition coefficient (Wildman–Crippen LogP) is 2.16. The van der Waals surface area contributed by atoms with E-state index >= 15 is 0 Å². The van der Waals surface area contributed by atoms with Gasteiger partial charge in [-0.15, -0.1) is 0 Å². The minimum absolute atomic E-state index is 0.0738. The first-order valence-electron chi connectivity index (χ1n) is 4.63. The van der Waals surface area contributed by atoms with Gasteiger partial charge in [-0.1, -0.05) is 0 Å². The Hall–Kier alpha value is -0.680. The van der Waals surface area contributed by atoms with Crippen molar-refractivity contribution in [2.75, 3.05) is 6.61 Å². The number of aldehydes is 1. The lowest BCUT2D eigenvalue weighted by molar-refractivity contribution is -0.0404. The highest BCUT2D eigenvalue weighted by Crippen LogP contribution is 2.24. The fourth-order valence-corrected chi connectivity index (χ4v) is 2.02. The molecule has 0 bridgehead atoms. The van der Waals surface area contributed by atoms with Gasteiger partial charge in [0.15, 0.2) is 12.5 Å². The fraction of sp³-hybridized carbons (Fsp3) is 0.556.